The molecular formula is C12H24N2O2. The summed E-state index contributed by atoms with van der Waals surface area (Å²) in [5.74, 6) is 0.768. The molecule has 1 aliphatic carbocycles. The van der Waals surface area contributed by atoms with Gasteiger partial charge in [-0.1, -0.05) is 13.8 Å². The van der Waals surface area contributed by atoms with Gasteiger partial charge in [0.15, 0.2) is 0 Å². The SMILES string of the molecule is CC(C)CCOCCNC(=O)C1(CN)CC1. The molecule has 0 aromatic rings. The van der Waals surface area contributed by atoms with E-state index in [0.717, 1.165) is 25.9 Å². The second-order valence-electron chi connectivity index (χ2n) is 5.04. The van der Waals surface area contributed by atoms with E-state index in [4.69, 9.17) is 10.5 Å². The minimum Gasteiger partial charge on any atom is -0.380 e. The Morgan fingerprint density at radius 1 is 1.44 bits per heavy atom. The Morgan fingerprint density at radius 2 is 2.12 bits per heavy atom. The number of hydrogen-bond acceptors (Lipinski definition) is 3. The second-order valence-corrected chi connectivity index (χ2v) is 5.04. The first-order valence-electron chi connectivity index (χ1n) is 6.17. The number of carbonyl (C=O) groups excluding carboxylic acids is 1. The van der Waals surface area contributed by atoms with Crippen molar-refractivity contribution in [3.63, 3.8) is 0 Å². The molecule has 16 heavy (non-hydrogen) atoms. The fourth-order valence-electron chi connectivity index (χ4n) is 1.52. The Morgan fingerprint density at radius 3 is 2.62 bits per heavy atom. The molecule has 0 spiro atoms. The molecule has 0 aromatic carbocycles. The highest BCUT2D eigenvalue weighted by molar-refractivity contribution is 5.85. The van der Waals surface area contributed by atoms with Crippen molar-refractivity contribution in [3.8, 4) is 0 Å². The summed E-state index contributed by atoms with van der Waals surface area (Å²) in [7, 11) is 0. The predicted molar refractivity (Wildman–Crippen MR) is 64.0 cm³/mol. The predicted octanol–water partition coefficient (Wildman–Crippen LogP) is 0.904. The Labute approximate surface area is 97.9 Å². The zero-order chi connectivity index (χ0) is 12.0. The number of amides is 1. The highest BCUT2D eigenvalue weighted by atomic mass is 16.5. The molecule has 0 aliphatic heterocycles. The molecule has 1 saturated carbocycles. The molecule has 0 saturated heterocycles. The molecule has 4 nitrogen and oxygen atoms in total. The molecule has 0 aromatic heterocycles. The third-order valence-corrected chi connectivity index (χ3v) is 3.10. The van der Waals surface area contributed by atoms with E-state index in [0.29, 0.717) is 25.6 Å². The van der Waals surface area contributed by atoms with Crippen molar-refractivity contribution in [2.75, 3.05) is 26.3 Å². The van der Waals surface area contributed by atoms with E-state index in [1.165, 1.54) is 0 Å². The number of ether oxygens (including phenoxy) is 1. The van der Waals surface area contributed by atoms with Gasteiger partial charge in [0, 0.05) is 19.7 Å². The lowest BCUT2D eigenvalue weighted by atomic mass is 10.1. The minimum atomic E-state index is -0.238. The molecule has 0 bridgehead atoms. The van der Waals surface area contributed by atoms with Crippen LogP contribution in [0.3, 0.4) is 0 Å². The first-order valence-corrected chi connectivity index (χ1v) is 6.17. The molecule has 1 aliphatic rings. The topological polar surface area (TPSA) is 64.3 Å². The zero-order valence-corrected chi connectivity index (χ0v) is 10.4. The van der Waals surface area contributed by atoms with Crippen LogP contribution in [0.2, 0.25) is 0 Å². The van der Waals surface area contributed by atoms with Gasteiger partial charge in [0.2, 0.25) is 5.91 Å². The van der Waals surface area contributed by atoms with E-state index in [1.807, 2.05) is 0 Å². The molecule has 0 atom stereocenters. The van der Waals surface area contributed by atoms with Gasteiger partial charge in [-0.2, -0.15) is 0 Å². The van der Waals surface area contributed by atoms with Crippen molar-refractivity contribution in [1.82, 2.24) is 5.32 Å². The van der Waals surface area contributed by atoms with Crippen LogP contribution in [0.5, 0.6) is 0 Å². The van der Waals surface area contributed by atoms with Gasteiger partial charge in [0.05, 0.1) is 12.0 Å². The van der Waals surface area contributed by atoms with Crippen LogP contribution in [-0.4, -0.2) is 32.2 Å². The quantitative estimate of drug-likeness (QED) is 0.607. The summed E-state index contributed by atoms with van der Waals surface area (Å²) in [4.78, 5) is 11.7. The van der Waals surface area contributed by atoms with Gasteiger partial charge in [-0.25, -0.2) is 0 Å². The fraction of sp³-hybridized carbons (Fsp3) is 0.917. The van der Waals surface area contributed by atoms with Crippen LogP contribution in [-0.2, 0) is 9.53 Å². The summed E-state index contributed by atoms with van der Waals surface area (Å²) in [5.41, 5.74) is 5.32. The molecule has 4 heteroatoms. The van der Waals surface area contributed by atoms with Crippen molar-refractivity contribution in [1.29, 1.82) is 0 Å². The van der Waals surface area contributed by atoms with Crippen LogP contribution in [0.15, 0.2) is 0 Å². The van der Waals surface area contributed by atoms with E-state index in [2.05, 4.69) is 19.2 Å². The standard InChI is InChI=1S/C12H24N2O2/c1-10(2)3-7-16-8-6-14-11(15)12(9-13)4-5-12/h10H,3-9,13H2,1-2H3,(H,14,15). The van der Waals surface area contributed by atoms with Crippen LogP contribution in [0, 0.1) is 11.3 Å². The lowest BCUT2D eigenvalue weighted by Gasteiger charge is -2.13. The van der Waals surface area contributed by atoms with Crippen molar-refractivity contribution in [3.05, 3.63) is 0 Å². The fourth-order valence-corrected chi connectivity index (χ4v) is 1.52. The largest absolute Gasteiger partial charge is 0.380 e. The minimum absolute atomic E-state index is 0.0995. The highest BCUT2D eigenvalue weighted by Gasteiger charge is 2.48. The monoisotopic (exact) mass is 228 g/mol. The van der Waals surface area contributed by atoms with Gasteiger partial charge in [0.1, 0.15) is 0 Å². The Hall–Kier alpha value is -0.610. The van der Waals surface area contributed by atoms with Crippen molar-refractivity contribution in [2.45, 2.75) is 33.1 Å². The van der Waals surface area contributed by atoms with Gasteiger partial charge < -0.3 is 15.8 Å². The first kappa shape index (κ1) is 13.5. The van der Waals surface area contributed by atoms with Crippen LogP contribution in [0.25, 0.3) is 0 Å². The summed E-state index contributed by atoms with van der Waals surface area (Å²) >= 11 is 0. The number of hydrogen-bond donors (Lipinski definition) is 2. The van der Waals surface area contributed by atoms with E-state index in [1.54, 1.807) is 0 Å². The van der Waals surface area contributed by atoms with E-state index in [9.17, 15) is 4.79 Å². The molecule has 0 heterocycles. The van der Waals surface area contributed by atoms with Crippen molar-refractivity contribution < 1.29 is 9.53 Å². The lowest BCUT2D eigenvalue weighted by Crippen LogP contribution is -2.38. The zero-order valence-electron chi connectivity index (χ0n) is 10.4. The molecule has 0 unspecified atom stereocenters. The van der Waals surface area contributed by atoms with Gasteiger partial charge in [-0.15, -0.1) is 0 Å². The van der Waals surface area contributed by atoms with Crippen LogP contribution >= 0.6 is 0 Å². The molecule has 1 amide bonds. The summed E-state index contributed by atoms with van der Waals surface area (Å²) in [5, 5.41) is 2.88. The van der Waals surface area contributed by atoms with Gasteiger partial charge in [0.25, 0.3) is 0 Å². The van der Waals surface area contributed by atoms with E-state index >= 15 is 0 Å². The molecule has 3 N–H and O–H groups in total. The van der Waals surface area contributed by atoms with Crippen LogP contribution in [0.1, 0.15) is 33.1 Å². The molecule has 0 radical (unpaired) electrons. The van der Waals surface area contributed by atoms with Crippen molar-refractivity contribution >= 4 is 5.91 Å². The first-order chi connectivity index (χ1) is 7.60. The summed E-state index contributed by atoms with van der Waals surface area (Å²) < 4.78 is 5.42. The lowest BCUT2D eigenvalue weighted by molar-refractivity contribution is -0.126. The number of rotatable bonds is 8. The number of nitrogens with two attached hydrogens (primary N) is 1. The second kappa shape index (κ2) is 6.21. The van der Waals surface area contributed by atoms with Gasteiger partial charge >= 0.3 is 0 Å². The number of carbonyl (C=O) groups is 1. The Balaban J connectivity index is 1.97. The molecular weight excluding hydrogens is 204 g/mol. The maximum atomic E-state index is 11.7. The molecule has 94 valence electrons. The third kappa shape index (κ3) is 4.10. The average Bonchev–Trinajstić information content (AvgIpc) is 3.03. The Bertz CT molecular complexity index is 225. The van der Waals surface area contributed by atoms with Crippen molar-refractivity contribution in [2.24, 2.45) is 17.1 Å². The van der Waals surface area contributed by atoms with Gasteiger partial charge in [-0.05, 0) is 25.2 Å². The van der Waals surface area contributed by atoms with E-state index < -0.39 is 0 Å². The normalized spacial score (nSPS) is 17.5. The van der Waals surface area contributed by atoms with Gasteiger partial charge in [-0.3, -0.25) is 4.79 Å². The van der Waals surface area contributed by atoms with Crippen LogP contribution < -0.4 is 11.1 Å². The molecule has 1 rings (SSSR count). The summed E-state index contributed by atoms with van der Waals surface area (Å²) in [6.07, 6.45) is 2.94. The number of nitrogens with one attached hydrogen (secondary N) is 1. The van der Waals surface area contributed by atoms with E-state index in [-0.39, 0.29) is 11.3 Å². The smallest absolute Gasteiger partial charge is 0.227 e. The summed E-state index contributed by atoms with van der Waals surface area (Å²) in [6, 6.07) is 0. The molecule has 1 fully saturated rings. The summed E-state index contributed by atoms with van der Waals surface area (Å²) in [6.45, 7) is 6.77. The third-order valence-electron chi connectivity index (χ3n) is 3.10. The highest BCUT2D eigenvalue weighted by Crippen LogP contribution is 2.44. The maximum absolute atomic E-state index is 11.7. The Kier molecular flexibility index (Phi) is 5.22. The van der Waals surface area contributed by atoms with Crippen LogP contribution in [0.4, 0.5) is 0 Å². The maximum Gasteiger partial charge on any atom is 0.227 e. The average molecular weight is 228 g/mol.